The molecule has 1 aromatic heterocycles. The summed E-state index contributed by atoms with van der Waals surface area (Å²) in [7, 11) is -3.04. The number of anilines is 1. The van der Waals surface area contributed by atoms with Crippen LogP contribution in [0, 0.1) is 0 Å². The van der Waals surface area contributed by atoms with Gasteiger partial charge < -0.3 is 14.8 Å². The molecule has 1 heterocycles. The predicted octanol–water partition coefficient (Wildman–Crippen LogP) is 2.49. The molecule has 0 aliphatic rings. The fourth-order valence-electron chi connectivity index (χ4n) is 1.12. The van der Waals surface area contributed by atoms with Crippen molar-refractivity contribution in [1.82, 2.24) is 4.98 Å². The molecule has 0 aliphatic carbocycles. The molecule has 0 aromatic carbocycles. The largest absolute Gasteiger partial charge is 0.375 e. The van der Waals surface area contributed by atoms with Crippen LogP contribution in [0.5, 0.6) is 0 Å². The highest BCUT2D eigenvalue weighted by Gasteiger charge is 2.25. The molecule has 1 rings (SSSR count). The first-order chi connectivity index (χ1) is 7.09. The van der Waals surface area contributed by atoms with Crippen molar-refractivity contribution in [3.63, 3.8) is 0 Å². The van der Waals surface area contributed by atoms with Crippen LogP contribution in [0.3, 0.4) is 0 Å². The van der Waals surface area contributed by atoms with Gasteiger partial charge in [0.05, 0.1) is 25.1 Å². The van der Waals surface area contributed by atoms with Gasteiger partial charge in [0, 0.05) is 5.38 Å². The highest BCUT2D eigenvalue weighted by Crippen LogP contribution is 2.51. The van der Waals surface area contributed by atoms with E-state index < -0.39 is 7.60 Å². The number of thiazole rings is 1. The average molecular weight is 250 g/mol. The molecule has 0 radical (unpaired) electrons. The van der Waals surface area contributed by atoms with Gasteiger partial charge in [-0.05, 0) is 13.8 Å². The summed E-state index contributed by atoms with van der Waals surface area (Å²) < 4.78 is 22.4. The minimum Gasteiger partial charge on any atom is -0.375 e. The van der Waals surface area contributed by atoms with Crippen molar-refractivity contribution in [3.8, 4) is 0 Å². The first-order valence-electron chi connectivity index (χ1n) is 4.67. The second-order valence-corrected chi connectivity index (χ2v) is 5.73. The minimum atomic E-state index is -3.04. The second-order valence-electron chi connectivity index (χ2n) is 2.78. The van der Waals surface area contributed by atoms with Gasteiger partial charge >= 0.3 is 7.60 Å². The fourth-order valence-corrected chi connectivity index (χ4v) is 3.40. The predicted molar refractivity (Wildman–Crippen MR) is 61.1 cm³/mol. The van der Waals surface area contributed by atoms with E-state index >= 15 is 0 Å². The van der Waals surface area contributed by atoms with Gasteiger partial charge in [-0.2, -0.15) is 0 Å². The highest BCUT2D eigenvalue weighted by molar-refractivity contribution is 7.53. The third kappa shape index (κ3) is 3.91. The van der Waals surface area contributed by atoms with Crippen LogP contribution < -0.4 is 5.73 Å². The van der Waals surface area contributed by atoms with Crippen LogP contribution in [-0.4, -0.2) is 18.2 Å². The molecule has 5 nitrogen and oxygen atoms in total. The van der Waals surface area contributed by atoms with Gasteiger partial charge in [-0.25, -0.2) is 4.98 Å². The topological polar surface area (TPSA) is 74.4 Å². The zero-order valence-corrected chi connectivity index (χ0v) is 10.5. The Morgan fingerprint density at radius 3 is 2.47 bits per heavy atom. The number of nitrogens with two attached hydrogens (primary N) is 1. The van der Waals surface area contributed by atoms with Crippen molar-refractivity contribution in [2.75, 3.05) is 18.9 Å². The summed E-state index contributed by atoms with van der Waals surface area (Å²) in [5, 5.41) is 2.23. The molecule has 0 amide bonds. The van der Waals surface area contributed by atoms with E-state index in [1.807, 2.05) is 0 Å². The van der Waals surface area contributed by atoms with E-state index in [1.54, 1.807) is 19.2 Å². The first kappa shape index (κ1) is 12.6. The quantitative estimate of drug-likeness (QED) is 0.785. The van der Waals surface area contributed by atoms with Gasteiger partial charge in [0.25, 0.3) is 0 Å². The van der Waals surface area contributed by atoms with Crippen LogP contribution >= 0.6 is 18.9 Å². The number of nitrogens with zero attached hydrogens (tertiary/aromatic N) is 1. The molecule has 0 fully saturated rings. The molecule has 0 spiro atoms. The lowest BCUT2D eigenvalue weighted by molar-refractivity contribution is 0.219. The van der Waals surface area contributed by atoms with E-state index in [2.05, 4.69) is 4.98 Å². The van der Waals surface area contributed by atoms with E-state index in [9.17, 15) is 4.57 Å². The van der Waals surface area contributed by atoms with Crippen molar-refractivity contribution in [1.29, 1.82) is 0 Å². The number of rotatable bonds is 6. The fraction of sp³-hybridized carbons (Fsp3) is 0.625. The molecule has 0 unspecified atom stereocenters. The van der Waals surface area contributed by atoms with Crippen LogP contribution in [0.15, 0.2) is 5.38 Å². The third-order valence-corrected chi connectivity index (χ3v) is 4.31. The lowest BCUT2D eigenvalue weighted by Crippen LogP contribution is -1.99. The summed E-state index contributed by atoms with van der Waals surface area (Å²) in [6.45, 7) is 4.27. The maximum Gasteiger partial charge on any atom is 0.336 e. The van der Waals surface area contributed by atoms with Gasteiger partial charge in [-0.3, -0.25) is 4.57 Å². The van der Waals surface area contributed by atoms with Crippen molar-refractivity contribution < 1.29 is 13.6 Å². The van der Waals surface area contributed by atoms with Gasteiger partial charge in [-0.15, -0.1) is 11.3 Å². The Labute approximate surface area is 93.1 Å². The molecule has 0 saturated heterocycles. The molecule has 0 atom stereocenters. The maximum absolute atomic E-state index is 12.1. The molecule has 0 saturated carbocycles. The summed E-state index contributed by atoms with van der Waals surface area (Å²) in [4.78, 5) is 4.02. The normalized spacial score (nSPS) is 11.9. The summed E-state index contributed by atoms with van der Waals surface area (Å²) >= 11 is 1.32. The molecular weight excluding hydrogens is 235 g/mol. The number of aromatic nitrogens is 1. The molecule has 7 heteroatoms. The van der Waals surface area contributed by atoms with E-state index in [1.165, 1.54) is 11.3 Å². The zero-order chi connectivity index (χ0) is 11.3. The standard InChI is InChI=1S/C8H15N2O3PS/c1-3-12-14(11,13-4-2)5-7-6-15-8(9)10-7/h6H,3-5H2,1-2H3,(H2,9,10). The lowest BCUT2D eigenvalue weighted by Gasteiger charge is -2.15. The van der Waals surface area contributed by atoms with E-state index in [0.29, 0.717) is 24.0 Å². The van der Waals surface area contributed by atoms with Gasteiger partial charge in [0.15, 0.2) is 5.13 Å². The number of nitrogen functional groups attached to an aromatic ring is 1. The Morgan fingerprint density at radius 1 is 1.47 bits per heavy atom. The summed E-state index contributed by atoms with van der Waals surface area (Å²) in [5.41, 5.74) is 6.14. The average Bonchev–Trinajstić information content (AvgIpc) is 2.51. The number of hydrogen-bond donors (Lipinski definition) is 1. The Morgan fingerprint density at radius 2 is 2.07 bits per heavy atom. The first-order valence-corrected chi connectivity index (χ1v) is 7.28. The maximum atomic E-state index is 12.1. The van der Waals surface area contributed by atoms with Gasteiger partial charge in [0.2, 0.25) is 0 Å². The smallest absolute Gasteiger partial charge is 0.336 e. The van der Waals surface area contributed by atoms with Crippen LogP contribution in [0.1, 0.15) is 19.5 Å². The molecule has 1 aromatic rings. The van der Waals surface area contributed by atoms with Gasteiger partial charge in [0.1, 0.15) is 0 Å². The van der Waals surface area contributed by atoms with Crippen LogP contribution in [0.2, 0.25) is 0 Å². The van der Waals surface area contributed by atoms with Crippen molar-refractivity contribution in [2.24, 2.45) is 0 Å². The Hall–Kier alpha value is -0.420. The van der Waals surface area contributed by atoms with Crippen molar-refractivity contribution in [3.05, 3.63) is 11.1 Å². The second kappa shape index (κ2) is 5.61. The molecule has 0 aliphatic heterocycles. The lowest BCUT2D eigenvalue weighted by atomic mass is 10.6. The number of hydrogen-bond acceptors (Lipinski definition) is 6. The Balaban J connectivity index is 2.70. The summed E-state index contributed by atoms with van der Waals surface area (Å²) in [6.07, 6.45) is 0.183. The van der Waals surface area contributed by atoms with E-state index in [-0.39, 0.29) is 6.16 Å². The van der Waals surface area contributed by atoms with E-state index in [0.717, 1.165) is 0 Å². The van der Waals surface area contributed by atoms with E-state index in [4.69, 9.17) is 14.8 Å². The SMILES string of the molecule is CCOP(=O)(Cc1csc(N)n1)OCC. The van der Waals surface area contributed by atoms with Crippen LogP contribution in [0.4, 0.5) is 5.13 Å². The van der Waals surface area contributed by atoms with Gasteiger partial charge in [-0.1, -0.05) is 0 Å². The highest BCUT2D eigenvalue weighted by atomic mass is 32.1. The van der Waals surface area contributed by atoms with Crippen molar-refractivity contribution >= 4 is 24.1 Å². The molecule has 0 bridgehead atoms. The molecular formula is C8H15N2O3PS. The Kier molecular flexibility index (Phi) is 4.73. The minimum absolute atomic E-state index is 0.183. The summed E-state index contributed by atoms with van der Waals surface area (Å²) in [5.74, 6) is 0. The molecule has 86 valence electrons. The third-order valence-electron chi connectivity index (χ3n) is 1.58. The molecule has 15 heavy (non-hydrogen) atoms. The monoisotopic (exact) mass is 250 g/mol. The van der Waals surface area contributed by atoms with Crippen molar-refractivity contribution in [2.45, 2.75) is 20.0 Å². The summed E-state index contributed by atoms with van der Waals surface area (Å²) in [6, 6.07) is 0. The Bertz CT molecular complexity index is 345. The van der Waals surface area contributed by atoms with Crippen LogP contribution in [0.25, 0.3) is 0 Å². The van der Waals surface area contributed by atoms with Crippen LogP contribution in [-0.2, 0) is 19.8 Å². The zero-order valence-electron chi connectivity index (χ0n) is 8.80. The molecule has 2 N–H and O–H groups in total.